The molecule has 7 nitrogen and oxygen atoms in total. The molecule has 2 aliphatic rings. The van der Waals surface area contributed by atoms with Crippen LogP contribution in [-0.2, 0) is 20.0 Å². The van der Waals surface area contributed by atoms with E-state index in [1.165, 1.54) is 22.7 Å². The molecule has 3 rings (SSSR count). The van der Waals surface area contributed by atoms with Gasteiger partial charge in [0.25, 0.3) is 0 Å². The molecule has 0 amide bonds. The summed E-state index contributed by atoms with van der Waals surface area (Å²) in [5, 5.41) is 0. The Morgan fingerprint density at radius 1 is 1.19 bits per heavy atom. The molecule has 0 aliphatic carbocycles. The highest BCUT2D eigenvalue weighted by atomic mass is 32.2. The van der Waals surface area contributed by atoms with Crippen molar-refractivity contribution in [3.63, 3.8) is 0 Å². The molecular weight excluding hydrogens is 383 g/mol. The van der Waals surface area contributed by atoms with Crippen LogP contribution < -0.4 is 9.46 Å². The molecule has 1 N–H and O–H groups in total. The van der Waals surface area contributed by atoms with Crippen molar-refractivity contribution in [3.8, 4) is 5.75 Å². The van der Waals surface area contributed by atoms with E-state index in [0.29, 0.717) is 12.8 Å². The van der Waals surface area contributed by atoms with E-state index in [1.54, 1.807) is 6.92 Å². The monoisotopic (exact) mass is 406 g/mol. The van der Waals surface area contributed by atoms with Crippen molar-refractivity contribution in [1.29, 1.82) is 0 Å². The Labute approximate surface area is 153 Å². The molecule has 1 aromatic carbocycles. The van der Waals surface area contributed by atoms with Crippen molar-refractivity contribution in [2.45, 2.75) is 55.6 Å². The average molecular weight is 407 g/mol. The van der Waals surface area contributed by atoms with E-state index in [4.69, 9.17) is 4.74 Å². The molecule has 2 atom stereocenters. The second kappa shape index (κ2) is 7.06. The van der Waals surface area contributed by atoms with Gasteiger partial charge in [0.05, 0.1) is 17.8 Å². The molecule has 2 saturated heterocycles. The fourth-order valence-corrected chi connectivity index (χ4v) is 6.72. The summed E-state index contributed by atoms with van der Waals surface area (Å²) in [5.41, 5.74) is 0. The van der Waals surface area contributed by atoms with Gasteiger partial charge in [-0.2, -0.15) is 4.31 Å². The zero-order valence-electron chi connectivity index (χ0n) is 14.7. The maximum absolute atomic E-state index is 14.0. The molecule has 2 fully saturated rings. The number of hydrogen-bond donors (Lipinski definition) is 1. The van der Waals surface area contributed by atoms with Crippen molar-refractivity contribution in [2.24, 2.45) is 0 Å². The lowest BCUT2D eigenvalue weighted by Crippen LogP contribution is -2.51. The zero-order valence-corrected chi connectivity index (χ0v) is 16.3. The van der Waals surface area contributed by atoms with Crippen LogP contribution in [0.1, 0.15) is 32.6 Å². The molecule has 26 heavy (non-hydrogen) atoms. The Kier molecular flexibility index (Phi) is 5.31. The third-order valence-corrected chi connectivity index (χ3v) is 7.76. The van der Waals surface area contributed by atoms with Crippen LogP contribution in [0.25, 0.3) is 0 Å². The minimum atomic E-state index is -3.90. The van der Waals surface area contributed by atoms with Crippen LogP contribution in [0.2, 0.25) is 0 Å². The van der Waals surface area contributed by atoms with E-state index in [-0.39, 0.29) is 35.4 Å². The number of sulfonamides is 2. The quantitative estimate of drug-likeness (QED) is 0.772. The minimum Gasteiger partial charge on any atom is -0.491 e. The zero-order chi connectivity index (χ0) is 19.1. The number of benzene rings is 1. The molecular formula is C16H23FN2O5S2. The van der Waals surface area contributed by atoms with Gasteiger partial charge in [0.1, 0.15) is 0 Å². The Balaban J connectivity index is 1.74. The van der Waals surface area contributed by atoms with Gasteiger partial charge in [0, 0.05) is 18.1 Å². The van der Waals surface area contributed by atoms with Gasteiger partial charge in [-0.15, -0.1) is 0 Å². The van der Waals surface area contributed by atoms with Gasteiger partial charge in [-0.3, -0.25) is 0 Å². The number of nitrogens with one attached hydrogen (secondary N) is 1. The van der Waals surface area contributed by atoms with Crippen LogP contribution >= 0.6 is 0 Å². The van der Waals surface area contributed by atoms with E-state index in [2.05, 4.69) is 4.72 Å². The van der Waals surface area contributed by atoms with Gasteiger partial charge >= 0.3 is 0 Å². The lowest BCUT2D eigenvalue weighted by atomic mass is 10.0. The average Bonchev–Trinajstić information content (AvgIpc) is 2.81. The topological polar surface area (TPSA) is 92.8 Å². The van der Waals surface area contributed by atoms with Crippen molar-refractivity contribution in [3.05, 3.63) is 24.0 Å². The first-order chi connectivity index (χ1) is 12.1. The Morgan fingerprint density at radius 2 is 1.81 bits per heavy atom. The lowest BCUT2D eigenvalue weighted by molar-refractivity contribution is 0.221. The Morgan fingerprint density at radius 3 is 2.31 bits per heavy atom. The summed E-state index contributed by atoms with van der Waals surface area (Å²) in [6.07, 6.45) is 3.48. The highest BCUT2D eigenvalue weighted by Gasteiger charge is 2.46. The van der Waals surface area contributed by atoms with E-state index in [1.807, 2.05) is 0 Å². The molecule has 0 aromatic heterocycles. The van der Waals surface area contributed by atoms with Crippen molar-refractivity contribution in [1.82, 2.24) is 9.03 Å². The molecule has 0 radical (unpaired) electrons. The first kappa shape index (κ1) is 19.5. The Bertz CT molecular complexity index is 874. The molecule has 2 unspecified atom stereocenters. The van der Waals surface area contributed by atoms with Gasteiger partial charge in [-0.25, -0.2) is 25.9 Å². The number of nitrogens with zero attached hydrogens (tertiary/aromatic N) is 1. The molecule has 10 heteroatoms. The Hall–Kier alpha value is -1.23. The second-order valence-electron chi connectivity index (χ2n) is 6.79. The lowest BCUT2D eigenvalue weighted by Gasteiger charge is -2.37. The van der Waals surface area contributed by atoms with Gasteiger partial charge in [-0.05, 0) is 50.8 Å². The summed E-state index contributed by atoms with van der Waals surface area (Å²) in [4.78, 5) is -0.170. The fraction of sp³-hybridized carbons (Fsp3) is 0.625. The maximum atomic E-state index is 14.0. The molecule has 146 valence electrons. The van der Waals surface area contributed by atoms with Crippen LogP contribution in [0.4, 0.5) is 4.39 Å². The first-order valence-electron chi connectivity index (χ1n) is 8.55. The normalized spacial score (nSPS) is 26.8. The number of hydrogen-bond acceptors (Lipinski definition) is 5. The van der Waals surface area contributed by atoms with Gasteiger partial charge in [-0.1, -0.05) is 0 Å². The van der Waals surface area contributed by atoms with Crippen molar-refractivity contribution < 1.29 is 26.0 Å². The van der Waals surface area contributed by atoms with Crippen LogP contribution in [0.3, 0.4) is 0 Å². The summed E-state index contributed by atoms with van der Waals surface area (Å²) in [6.45, 7) is 1.99. The number of rotatable bonds is 6. The molecule has 2 aliphatic heterocycles. The summed E-state index contributed by atoms with van der Waals surface area (Å²) in [5.74, 6) is -0.729. The smallest absolute Gasteiger partial charge is 0.240 e. The highest BCUT2D eigenvalue weighted by molar-refractivity contribution is 7.89. The van der Waals surface area contributed by atoms with Gasteiger partial charge < -0.3 is 4.74 Å². The summed E-state index contributed by atoms with van der Waals surface area (Å²) < 4.78 is 72.2. The summed E-state index contributed by atoms with van der Waals surface area (Å²) >= 11 is 0. The fourth-order valence-electron chi connectivity index (χ4n) is 3.98. The van der Waals surface area contributed by atoms with E-state index in [9.17, 15) is 21.2 Å². The molecule has 1 aromatic rings. The second-order valence-corrected chi connectivity index (χ2v) is 10.4. The van der Waals surface area contributed by atoms with E-state index in [0.717, 1.165) is 18.9 Å². The first-order valence-corrected chi connectivity index (χ1v) is 11.9. The van der Waals surface area contributed by atoms with Crippen LogP contribution in [0, 0.1) is 5.82 Å². The standard InChI is InChI=1S/C16H23FN2O5S2/c1-3-24-16-7-6-14(10-15(16)17)26(22,23)18-11-8-12-4-5-13(9-11)19(12)25(2,20)21/h6-7,10-13,18H,3-5,8-9H2,1-2H3. The number of halogens is 1. The summed E-state index contributed by atoms with van der Waals surface area (Å²) in [7, 11) is -7.20. The van der Waals surface area contributed by atoms with Gasteiger partial charge in [0.2, 0.25) is 20.0 Å². The van der Waals surface area contributed by atoms with Crippen LogP contribution in [0.5, 0.6) is 5.75 Å². The predicted octanol–water partition coefficient (Wildman–Crippen LogP) is 1.46. The maximum Gasteiger partial charge on any atom is 0.240 e. The molecule has 0 spiro atoms. The third kappa shape index (κ3) is 3.88. The third-order valence-electron chi connectivity index (χ3n) is 4.88. The molecule has 2 bridgehead atoms. The van der Waals surface area contributed by atoms with E-state index >= 15 is 0 Å². The number of fused-ring (bicyclic) bond motifs is 2. The minimum absolute atomic E-state index is 0.00551. The molecule has 0 saturated carbocycles. The number of ether oxygens (including phenoxy) is 1. The van der Waals surface area contributed by atoms with Crippen molar-refractivity contribution >= 4 is 20.0 Å². The summed E-state index contributed by atoms with van der Waals surface area (Å²) in [6, 6.07) is 2.79. The van der Waals surface area contributed by atoms with Crippen molar-refractivity contribution in [2.75, 3.05) is 12.9 Å². The van der Waals surface area contributed by atoms with Crippen LogP contribution in [0.15, 0.2) is 23.1 Å². The molecule has 2 heterocycles. The predicted molar refractivity (Wildman–Crippen MR) is 94.4 cm³/mol. The number of piperidine rings is 1. The SMILES string of the molecule is CCOc1ccc(S(=O)(=O)NC2CC3CCC(C2)N3S(C)(=O)=O)cc1F. The van der Waals surface area contributed by atoms with E-state index < -0.39 is 25.9 Å². The highest BCUT2D eigenvalue weighted by Crippen LogP contribution is 2.38. The van der Waals surface area contributed by atoms with Crippen LogP contribution in [-0.4, -0.2) is 52.1 Å². The van der Waals surface area contributed by atoms with Gasteiger partial charge in [0.15, 0.2) is 11.6 Å². The largest absolute Gasteiger partial charge is 0.491 e.